The van der Waals surface area contributed by atoms with Gasteiger partial charge in [0.05, 0.1) is 36.8 Å². The Morgan fingerprint density at radius 2 is 2.16 bits per heavy atom. The second-order valence-corrected chi connectivity index (χ2v) is 5.77. The number of carbonyl (C=O) groups excluding carboxylic acids is 1. The van der Waals surface area contributed by atoms with Crippen molar-refractivity contribution in [2.24, 2.45) is 0 Å². The Labute approximate surface area is 145 Å². The Kier molecular flexibility index (Phi) is 5.25. The van der Waals surface area contributed by atoms with Gasteiger partial charge in [0, 0.05) is 17.9 Å². The molecule has 2 aromatic heterocycles. The van der Waals surface area contributed by atoms with Crippen LogP contribution in [0.4, 0.5) is 0 Å². The van der Waals surface area contributed by atoms with Crippen molar-refractivity contribution in [2.45, 2.75) is 25.5 Å². The van der Waals surface area contributed by atoms with Gasteiger partial charge in [-0.25, -0.2) is 9.97 Å². The minimum atomic E-state index is -0.708. The summed E-state index contributed by atoms with van der Waals surface area (Å²) in [6, 6.07) is 11.1. The van der Waals surface area contributed by atoms with Crippen molar-refractivity contribution in [2.75, 3.05) is 6.61 Å². The largest absolute Gasteiger partial charge is 0.478 e. The minimum Gasteiger partial charge on any atom is -0.478 e. The first-order valence-electron chi connectivity index (χ1n) is 8.09. The molecule has 0 saturated carbocycles. The maximum Gasteiger partial charge on any atom is 0.269 e. The quantitative estimate of drug-likeness (QED) is 0.610. The lowest BCUT2D eigenvalue weighted by molar-refractivity contribution is 0.0826. The van der Waals surface area contributed by atoms with E-state index in [0.29, 0.717) is 24.6 Å². The number of hydrogen-bond acceptors (Lipinski definition) is 5. The average molecular weight is 340 g/mol. The monoisotopic (exact) mass is 340 g/mol. The summed E-state index contributed by atoms with van der Waals surface area (Å²) < 4.78 is 5.67. The molecule has 0 saturated heterocycles. The van der Waals surface area contributed by atoms with Crippen LogP contribution in [-0.2, 0) is 0 Å². The molecule has 1 aromatic carbocycles. The maximum absolute atomic E-state index is 12.1. The van der Waals surface area contributed by atoms with Crippen molar-refractivity contribution in [3.63, 3.8) is 0 Å². The zero-order valence-electron chi connectivity index (χ0n) is 13.8. The lowest BCUT2D eigenvalue weighted by atomic mass is 10.1. The number of benzene rings is 1. The molecule has 0 unspecified atom stereocenters. The molecule has 25 heavy (non-hydrogen) atoms. The number of hydrogen-bond donors (Lipinski definition) is 3. The highest BCUT2D eigenvalue weighted by Gasteiger charge is 2.19. The Morgan fingerprint density at radius 1 is 1.32 bits per heavy atom. The number of nitrogens with zero attached hydrogens (tertiary/aromatic N) is 2. The highest BCUT2D eigenvalue weighted by atomic mass is 16.5. The van der Waals surface area contributed by atoms with Crippen LogP contribution >= 0.6 is 0 Å². The van der Waals surface area contributed by atoms with Crippen LogP contribution in [0.2, 0.25) is 0 Å². The van der Waals surface area contributed by atoms with E-state index in [2.05, 4.69) is 20.3 Å². The summed E-state index contributed by atoms with van der Waals surface area (Å²) in [4.78, 5) is 23.0. The highest BCUT2D eigenvalue weighted by Crippen LogP contribution is 2.16. The number of nitrogens with one attached hydrogen (secondary N) is 2. The molecule has 7 heteroatoms. The Bertz CT molecular complexity index is 833. The molecule has 3 N–H and O–H groups in total. The fourth-order valence-electron chi connectivity index (χ4n) is 2.48. The van der Waals surface area contributed by atoms with Crippen LogP contribution in [0.15, 0.2) is 48.9 Å². The lowest BCUT2D eigenvalue weighted by Crippen LogP contribution is -2.43. The van der Waals surface area contributed by atoms with Gasteiger partial charge < -0.3 is 20.1 Å². The second kappa shape index (κ2) is 7.76. The number of ether oxygens (including phenoxy) is 1. The molecule has 0 fully saturated rings. The third-order valence-corrected chi connectivity index (χ3v) is 3.89. The summed E-state index contributed by atoms with van der Waals surface area (Å²) in [5.74, 6) is 0.204. The number of para-hydroxylation sites is 1. The van der Waals surface area contributed by atoms with Crippen molar-refractivity contribution < 1.29 is 14.6 Å². The van der Waals surface area contributed by atoms with Crippen LogP contribution in [-0.4, -0.2) is 44.7 Å². The standard InChI is InChI=1S/C18H20N4O3/c1-12(23)14(22-18(24)16-10-19-11-20-16)8-9-25-17-7-6-13-4-2-3-5-15(13)21-17/h2-7,10-12,14,23H,8-9H2,1H3,(H,19,20)(H,22,24)/t12-,14+/m0/s1. The zero-order chi connectivity index (χ0) is 17.6. The van der Waals surface area contributed by atoms with Crippen molar-refractivity contribution in [3.05, 3.63) is 54.6 Å². The van der Waals surface area contributed by atoms with Crippen LogP contribution in [0.25, 0.3) is 10.9 Å². The molecule has 3 aromatic rings. The number of aliphatic hydroxyl groups is 1. The topological polar surface area (TPSA) is 100 Å². The van der Waals surface area contributed by atoms with Gasteiger partial charge in [-0.15, -0.1) is 0 Å². The number of aromatic amines is 1. The maximum atomic E-state index is 12.1. The summed E-state index contributed by atoms with van der Waals surface area (Å²) in [6.45, 7) is 1.95. The first kappa shape index (κ1) is 16.9. The molecule has 0 aliphatic heterocycles. The third kappa shape index (κ3) is 4.33. The third-order valence-electron chi connectivity index (χ3n) is 3.89. The molecule has 1 amide bonds. The van der Waals surface area contributed by atoms with E-state index in [4.69, 9.17) is 4.74 Å². The van der Waals surface area contributed by atoms with E-state index in [9.17, 15) is 9.90 Å². The summed E-state index contributed by atoms with van der Waals surface area (Å²) in [5, 5.41) is 13.7. The van der Waals surface area contributed by atoms with Gasteiger partial charge in [0.25, 0.3) is 5.91 Å². The number of carbonyl (C=O) groups is 1. The van der Waals surface area contributed by atoms with E-state index >= 15 is 0 Å². The van der Waals surface area contributed by atoms with E-state index in [1.807, 2.05) is 36.4 Å². The van der Waals surface area contributed by atoms with E-state index in [-0.39, 0.29) is 5.91 Å². The Morgan fingerprint density at radius 3 is 2.92 bits per heavy atom. The van der Waals surface area contributed by atoms with Gasteiger partial charge in [0.15, 0.2) is 0 Å². The molecule has 7 nitrogen and oxygen atoms in total. The summed E-state index contributed by atoms with van der Waals surface area (Å²) in [6.07, 6.45) is 2.61. The second-order valence-electron chi connectivity index (χ2n) is 5.77. The van der Waals surface area contributed by atoms with Crippen LogP contribution in [0.3, 0.4) is 0 Å². The predicted octanol–water partition coefficient (Wildman–Crippen LogP) is 1.91. The van der Waals surface area contributed by atoms with Crippen LogP contribution < -0.4 is 10.1 Å². The number of aliphatic hydroxyl groups excluding tert-OH is 1. The minimum absolute atomic E-state index is 0.313. The van der Waals surface area contributed by atoms with Crippen molar-refractivity contribution >= 4 is 16.8 Å². The highest BCUT2D eigenvalue weighted by molar-refractivity contribution is 5.92. The van der Waals surface area contributed by atoms with Gasteiger partial charge in [-0.2, -0.15) is 0 Å². The van der Waals surface area contributed by atoms with Crippen LogP contribution in [0.5, 0.6) is 5.88 Å². The number of imidazole rings is 1. The molecule has 0 radical (unpaired) electrons. The normalized spacial score (nSPS) is 13.4. The number of H-pyrrole nitrogens is 1. The van der Waals surface area contributed by atoms with Gasteiger partial charge >= 0.3 is 0 Å². The summed E-state index contributed by atoms with van der Waals surface area (Å²) in [7, 11) is 0. The first-order chi connectivity index (χ1) is 12.1. The number of rotatable bonds is 7. The van der Waals surface area contributed by atoms with Crippen LogP contribution in [0.1, 0.15) is 23.8 Å². The van der Waals surface area contributed by atoms with Crippen molar-refractivity contribution in [1.82, 2.24) is 20.3 Å². The number of aromatic nitrogens is 3. The molecule has 2 atom stereocenters. The molecule has 2 heterocycles. The molecular formula is C18H20N4O3. The average Bonchev–Trinajstić information content (AvgIpc) is 3.15. The molecule has 0 bridgehead atoms. The molecule has 130 valence electrons. The molecule has 0 spiro atoms. The van der Waals surface area contributed by atoms with E-state index in [1.54, 1.807) is 6.92 Å². The van der Waals surface area contributed by atoms with Gasteiger partial charge in [-0.1, -0.05) is 18.2 Å². The predicted molar refractivity (Wildman–Crippen MR) is 93.4 cm³/mol. The lowest BCUT2D eigenvalue weighted by Gasteiger charge is -2.21. The SMILES string of the molecule is C[C@H](O)[C@@H](CCOc1ccc2ccccc2n1)NC(=O)c1cnc[nH]1. The molecular weight excluding hydrogens is 320 g/mol. The van der Waals surface area contributed by atoms with E-state index in [0.717, 1.165) is 10.9 Å². The molecule has 0 aliphatic carbocycles. The van der Waals surface area contributed by atoms with Gasteiger partial charge in [-0.3, -0.25) is 4.79 Å². The van der Waals surface area contributed by atoms with Crippen LogP contribution in [0, 0.1) is 0 Å². The Hall–Kier alpha value is -2.93. The van der Waals surface area contributed by atoms with E-state index in [1.165, 1.54) is 12.5 Å². The molecule has 3 rings (SSSR count). The smallest absolute Gasteiger partial charge is 0.269 e. The fourth-order valence-corrected chi connectivity index (χ4v) is 2.48. The van der Waals surface area contributed by atoms with Crippen molar-refractivity contribution in [3.8, 4) is 5.88 Å². The zero-order valence-corrected chi connectivity index (χ0v) is 13.8. The number of fused-ring (bicyclic) bond motifs is 1. The number of amides is 1. The van der Waals surface area contributed by atoms with Gasteiger partial charge in [0.1, 0.15) is 5.69 Å². The van der Waals surface area contributed by atoms with E-state index < -0.39 is 12.1 Å². The Balaban J connectivity index is 1.56. The first-order valence-corrected chi connectivity index (χ1v) is 8.09. The van der Waals surface area contributed by atoms with Crippen molar-refractivity contribution in [1.29, 1.82) is 0 Å². The van der Waals surface area contributed by atoms with Gasteiger partial charge in [0.2, 0.25) is 5.88 Å². The number of pyridine rings is 1. The fraction of sp³-hybridized carbons (Fsp3) is 0.278. The molecule has 0 aliphatic rings. The summed E-state index contributed by atoms with van der Waals surface area (Å²) >= 11 is 0. The summed E-state index contributed by atoms with van der Waals surface area (Å²) in [5.41, 5.74) is 1.21. The van der Waals surface area contributed by atoms with Gasteiger partial charge in [-0.05, 0) is 19.1 Å².